The minimum atomic E-state index is 0.205. The first-order valence-corrected chi connectivity index (χ1v) is 8.36. The van der Waals surface area contributed by atoms with Gasteiger partial charge in [0.2, 0.25) is 5.91 Å². The van der Waals surface area contributed by atoms with E-state index in [1.54, 1.807) is 0 Å². The van der Waals surface area contributed by atoms with Crippen molar-refractivity contribution >= 4 is 21.8 Å². The van der Waals surface area contributed by atoms with Gasteiger partial charge in [0.25, 0.3) is 0 Å². The van der Waals surface area contributed by atoms with Gasteiger partial charge in [-0.1, -0.05) is 46.6 Å². The van der Waals surface area contributed by atoms with E-state index in [4.69, 9.17) is 0 Å². The summed E-state index contributed by atoms with van der Waals surface area (Å²) in [4.78, 5) is 12.0. The minimum absolute atomic E-state index is 0.205. The van der Waals surface area contributed by atoms with Crippen molar-refractivity contribution in [3.63, 3.8) is 0 Å². The number of carbonyl (C=O) groups excluding carboxylic acids is 1. The molecule has 3 heteroatoms. The molecule has 2 rings (SSSR count). The number of amides is 1. The number of benzene rings is 1. The van der Waals surface area contributed by atoms with E-state index in [0.717, 1.165) is 37.4 Å². The van der Waals surface area contributed by atoms with Crippen molar-refractivity contribution in [2.45, 2.75) is 51.0 Å². The summed E-state index contributed by atoms with van der Waals surface area (Å²) >= 11 is 3.41. The number of carbonyl (C=O) groups is 1. The molecule has 0 saturated heterocycles. The van der Waals surface area contributed by atoms with Crippen molar-refractivity contribution in [1.29, 1.82) is 0 Å². The zero-order chi connectivity index (χ0) is 13.5. The van der Waals surface area contributed by atoms with Gasteiger partial charge < -0.3 is 5.32 Å². The maximum atomic E-state index is 12.0. The molecule has 1 atom stereocenters. The van der Waals surface area contributed by atoms with Crippen molar-refractivity contribution in [1.82, 2.24) is 5.32 Å². The number of hydrogen-bond donors (Lipinski definition) is 1. The molecule has 1 aromatic rings. The van der Waals surface area contributed by atoms with Crippen LogP contribution in [0, 0.1) is 0 Å². The van der Waals surface area contributed by atoms with E-state index in [9.17, 15) is 4.79 Å². The van der Waals surface area contributed by atoms with Crippen molar-refractivity contribution in [3.05, 3.63) is 35.4 Å². The standard InChI is InChI=1S/C16H22BrNO/c17-12-5-1-2-11-16(19)18-15-10-6-8-13-7-3-4-9-14(13)15/h3-4,7,9,15H,1-2,5-6,8,10-12H2,(H,18,19)/t15-/m1/s1. The Morgan fingerprint density at radius 3 is 2.95 bits per heavy atom. The van der Waals surface area contributed by atoms with E-state index >= 15 is 0 Å². The van der Waals surface area contributed by atoms with Crippen LogP contribution in [0.3, 0.4) is 0 Å². The Kier molecular flexibility index (Phi) is 5.90. The summed E-state index contributed by atoms with van der Waals surface area (Å²) in [6, 6.07) is 8.73. The Hall–Kier alpha value is -0.830. The Bertz CT molecular complexity index is 419. The van der Waals surface area contributed by atoms with Gasteiger partial charge in [-0.3, -0.25) is 4.79 Å². The van der Waals surface area contributed by atoms with Gasteiger partial charge in [-0.25, -0.2) is 0 Å². The van der Waals surface area contributed by atoms with E-state index in [1.165, 1.54) is 17.5 Å². The van der Waals surface area contributed by atoms with Gasteiger partial charge in [0.1, 0.15) is 0 Å². The largest absolute Gasteiger partial charge is 0.349 e. The third-order valence-electron chi connectivity index (χ3n) is 3.74. The third-order valence-corrected chi connectivity index (χ3v) is 4.30. The monoisotopic (exact) mass is 323 g/mol. The second-order valence-electron chi connectivity index (χ2n) is 5.21. The molecule has 0 aromatic heterocycles. The average Bonchev–Trinajstić information content (AvgIpc) is 2.44. The number of alkyl halides is 1. The predicted molar refractivity (Wildman–Crippen MR) is 82.5 cm³/mol. The van der Waals surface area contributed by atoms with E-state index in [2.05, 4.69) is 45.5 Å². The summed E-state index contributed by atoms with van der Waals surface area (Å²) in [6.45, 7) is 0. The van der Waals surface area contributed by atoms with Crippen molar-refractivity contribution in [2.75, 3.05) is 5.33 Å². The molecule has 0 unspecified atom stereocenters. The van der Waals surface area contributed by atoms with Crippen LogP contribution < -0.4 is 5.32 Å². The second kappa shape index (κ2) is 7.68. The van der Waals surface area contributed by atoms with Gasteiger partial charge in [-0.05, 0) is 43.2 Å². The fourth-order valence-corrected chi connectivity index (χ4v) is 3.12. The molecule has 0 saturated carbocycles. The normalized spacial score (nSPS) is 17.8. The summed E-state index contributed by atoms with van der Waals surface area (Å²) in [5.74, 6) is 0.205. The molecular formula is C16H22BrNO. The highest BCUT2D eigenvalue weighted by Gasteiger charge is 2.20. The van der Waals surface area contributed by atoms with Gasteiger partial charge in [0.15, 0.2) is 0 Å². The number of unbranched alkanes of at least 4 members (excludes halogenated alkanes) is 2. The summed E-state index contributed by atoms with van der Waals surface area (Å²) in [5, 5.41) is 4.23. The number of hydrogen-bond acceptors (Lipinski definition) is 1. The molecule has 0 bridgehead atoms. The average molecular weight is 324 g/mol. The molecule has 19 heavy (non-hydrogen) atoms. The first kappa shape index (κ1) is 14.6. The van der Waals surface area contributed by atoms with Gasteiger partial charge in [0.05, 0.1) is 6.04 Å². The lowest BCUT2D eigenvalue weighted by atomic mass is 9.87. The van der Waals surface area contributed by atoms with Gasteiger partial charge in [0, 0.05) is 11.8 Å². The molecule has 0 radical (unpaired) electrons. The molecule has 1 amide bonds. The number of aryl methyl sites for hydroxylation is 1. The predicted octanol–water partition coefficient (Wildman–Crippen LogP) is 4.14. The molecule has 1 aliphatic rings. The van der Waals surface area contributed by atoms with Crippen molar-refractivity contribution in [3.8, 4) is 0 Å². The van der Waals surface area contributed by atoms with E-state index in [-0.39, 0.29) is 11.9 Å². The lowest BCUT2D eigenvalue weighted by Crippen LogP contribution is -2.30. The van der Waals surface area contributed by atoms with E-state index in [1.807, 2.05) is 0 Å². The van der Waals surface area contributed by atoms with E-state index in [0.29, 0.717) is 6.42 Å². The first-order chi connectivity index (χ1) is 9.31. The highest BCUT2D eigenvalue weighted by molar-refractivity contribution is 9.09. The lowest BCUT2D eigenvalue weighted by Gasteiger charge is -2.26. The van der Waals surface area contributed by atoms with Crippen molar-refractivity contribution < 1.29 is 4.79 Å². The molecule has 2 nitrogen and oxygen atoms in total. The van der Waals surface area contributed by atoms with Gasteiger partial charge >= 0.3 is 0 Å². The molecule has 0 heterocycles. The smallest absolute Gasteiger partial charge is 0.220 e. The van der Waals surface area contributed by atoms with Crippen molar-refractivity contribution in [2.24, 2.45) is 0 Å². The quantitative estimate of drug-likeness (QED) is 0.618. The van der Waals surface area contributed by atoms with Crippen LogP contribution in [0.2, 0.25) is 0 Å². The number of rotatable bonds is 6. The highest BCUT2D eigenvalue weighted by atomic mass is 79.9. The Morgan fingerprint density at radius 1 is 1.26 bits per heavy atom. The van der Waals surface area contributed by atoms with Gasteiger partial charge in [-0.2, -0.15) is 0 Å². The topological polar surface area (TPSA) is 29.1 Å². The Balaban J connectivity index is 1.85. The SMILES string of the molecule is O=C(CCCCCBr)N[C@@H]1CCCc2ccccc21. The van der Waals surface area contributed by atoms with Crippen LogP contribution in [0.25, 0.3) is 0 Å². The maximum Gasteiger partial charge on any atom is 0.220 e. The van der Waals surface area contributed by atoms with Crippen LogP contribution >= 0.6 is 15.9 Å². The summed E-state index contributed by atoms with van der Waals surface area (Å²) in [6.07, 6.45) is 7.32. The van der Waals surface area contributed by atoms with Gasteiger partial charge in [-0.15, -0.1) is 0 Å². The molecule has 0 spiro atoms. The zero-order valence-electron chi connectivity index (χ0n) is 11.3. The fourth-order valence-electron chi connectivity index (χ4n) is 2.73. The molecular weight excluding hydrogens is 302 g/mol. The van der Waals surface area contributed by atoms with Crippen LogP contribution in [0.15, 0.2) is 24.3 Å². The highest BCUT2D eigenvalue weighted by Crippen LogP contribution is 2.29. The summed E-state index contributed by atoms with van der Waals surface area (Å²) in [7, 11) is 0. The molecule has 1 aromatic carbocycles. The second-order valence-corrected chi connectivity index (χ2v) is 6.00. The molecule has 0 aliphatic heterocycles. The minimum Gasteiger partial charge on any atom is -0.349 e. The number of fused-ring (bicyclic) bond motifs is 1. The molecule has 1 aliphatic carbocycles. The maximum absolute atomic E-state index is 12.0. The first-order valence-electron chi connectivity index (χ1n) is 7.24. The Labute approximate surface area is 124 Å². The lowest BCUT2D eigenvalue weighted by molar-refractivity contribution is -0.122. The fraction of sp³-hybridized carbons (Fsp3) is 0.562. The molecule has 1 N–H and O–H groups in total. The molecule has 0 fully saturated rings. The third kappa shape index (κ3) is 4.34. The number of nitrogens with one attached hydrogen (secondary N) is 1. The zero-order valence-corrected chi connectivity index (χ0v) is 12.9. The van der Waals surface area contributed by atoms with Crippen LogP contribution in [0.5, 0.6) is 0 Å². The van der Waals surface area contributed by atoms with Crippen LogP contribution in [0.4, 0.5) is 0 Å². The summed E-state index contributed by atoms with van der Waals surface area (Å²) < 4.78 is 0. The number of halogens is 1. The molecule has 104 valence electrons. The summed E-state index contributed by atoms with van der Waals surface area (Å²) in [5.41, 5.74) is 2.72. The van der Waals surface area contributed by atoms with Crippen LogP contribution in [-0.2, 0) is 11.2 Å². The van der Waals surface area contributed by atoms with Crippen LogP contribution in [-0.4, -0.2) is 11.2 Å². The van der Waals surface area contributed by atoms with E-state index < -0.39 is 0 Å². The van der Waals surface area contributed by atoms with Crippen LogP contribution in [0.1, 0.15) is 55.7 Å². The Morgan fingerprint density at radius 2 is 2.11 bits per heavy atom.